The van der Waals surface area contributed by atoms with Gasteiger partial charge in [-0.15, -0.1) is 6.58 Å². The van der Waals surface area contributed by atoms with Crippen LogP contribution in [0.1, 0.15) is 24.5 Å². The van der Waals surface area contributed by atoms with Crippen molar-refractivity contribution in [3.63, 3.8) is 0 Å². The second kappa shape index (κ2) is 11.4. The second-order valence-corrected chi connectivity index (χ2v) is 8.92. The first-order valence-electron chi connectivity index (χ1n) is 10.0. The van der Waals surface area contributed by atoms with Gasteiger partial charge in [-0.25, -0.2) is 0 Å². The number of thiocarbonyl (C=S) groups is 1. The Hall–Kier alpha value is -2.28. The molecule has 3 rings (SSSR count). The van der Waals surface area contributed by atoms with Crippen molar-refractivity contribution in [3.8, 4) is 11.5 Å². The molecule has 0 unspecified atom stereocenters. The summed E-state index contributed by atoms with van der Waals surface area (Å²) < 4.78 is 12.2. The molecule has 1 aliphatic rings. The fourth-order valence-corrected chi connectivity index (χ4v) is 4.39. The molecule has 0 radical (unpaired) electrons. The van der Waals surface area contributed by atoms with E-state index in [2.05, 4.69) is 25.6 Å². The van der Waals surface area contributed by atoms with Crippen LogP contribution in [-0.2, 0) is 11.2 Å². The first kappa shape index (κ1) is 23.4. The first-order chi connectivity index (χ1) is 15.0. The van der Waals surface area contributed by atoms with E-state index in [1.807, 2.05) is 18.2 Å². The third-order valence-corrected chi connectivity index (χ3v) is 6.20. The molecule has 1 aliphatic heterocycles. The molecule has 0 spiro atoms. The van der Waals surface area contributed by atoms with E-state index in [0.717, 1.165) is 24.2 Å². The Morgan fingerprint density at radius 2 is 1.90 bits per heavy atom. The molecule has 0 aliphatic carbocycles. The monoisotopic (exact) mass is 473 g/mol. The Morgan fingerprint density at radius 3 is 2.61 bits per heavy atom. The topological polar surface area (TPSA) is 38.8 Å². The highest BCUT2D eigenvalue weighted by Gasteiger charge is 2.31. The van der Waals surface area contributed by atoms with Crippen LogP contribution in [0.15, 0.2) is 60.0 Å². The van der Waals surface area contributed by atoms with Crippen LogP contribution in [0.2, 0.25) is 5.02 Å². The number of thioether (sulfide) groups is 1. The summed E-state index contributed by atoms with van der Waals surface area (Å²) in [6.45, 7) is 7.22. The molecule has 0 bridgehead atoms. The van der Waals surface area contributed by atoms with Crippen LogP contribution in [0.5, 0.6) is 11.5 Å². The highest BCUT2D eigenvalue weighted by Crippen LogP contribution is 2.35. The molecule has 0 atom stereocenters. The molecule has 1 saturated heterocycles. The summed E-state index contributed by atoms with van der Waals surface area (Å²) in [5.41, 5.74) is 2.02. The Labute approximate surface area is 197 Å². The molecule has 0 N–H and O–H groups in total. The number of amides is 1. The molecule has 1 heterocycles. The molecule has 31 heavy (non-hydrogen) atoms. The summed E-state index contributed by atoms with van der Waals surface area (Å²) in [6, 6.07) is 13.5. The lowest BCUT2D eigenvalue weighted by molar-refractivity contribution is -0.121. The lowest BCUT2D eigenvalue weighted by atomic mass is 10.2. The summed E-state index contributed by atoms with van der Waals surface area (Å²) >= 11 is 12.7. The van der Waals surface area contributed by atoms with Gasteiger partial charge >= 0.3 is 0 Å². The van der Waals surface area contributed by atoms with E-state index in [1.165, 1.54) is 22.2 Å². The average Bonchev–Trinajstić information content (AvgIpc) is 3.03. The molecule has 1 fully saturated rings. The molecular weight excluding hydrogens is 450 g/mol. The normalized spacial score (nSPS) is 14.9. The largest absolute Gasteiger partial charge is 0.493 e. The number of hydrogen-bond donors (Lipinski definition) is 0. The van der Waals surface area contributed by atoms with Crippen LogP contribution < -0.4 is 9.47 Å². The molecule has 1 amide bonds. The fourth-order valence-electron chi connectivity index (χ4n) is 2.94. The lowest BCUT2D eigenvalue weighted by Crippen LogP contribution is -2.27. The van der Waals surface area contributed by atoms with E-state index in [4.69, 9.17) is 33.3 Å². The SMILES string of the molecule is C=CCN1C(=O)/C(=C/c2cc(Cl)ccc2OCCCOc2ccc(CC)cc2)SC1=S. The highest BCUT2D eigenvalue weighted by molar-refractivity contribution is 8.26. The maximum absolute atomic E-state index is 12.6. The third kappa shape index (κ3) is 6.35. The quantitative estimate of drug-likeness (QED) is 0.179. The van der Waals surface area contributed by atoms with Crippen LogP contribution in [0.4, 0.5) is 0 Å². The zero-order valence-corrected chi connectivity index (χ0v) is 19.7. The zero-order valence-electron chi connectivity index (χ0n) is 17.3. The van der Waals surface area contributed by atoms with Crippen molar-refractivity contribution in [1.82, 2.24) is 4.90 Å². The van der Waals surface area contributed by atoms with Gasteiger partial charge in [-0.3, -0.25) is 9.69 Å². The van der Waals surface area contributed by atoms with Gasteiger partial charge in [0.2, 0.25) is 0 Å². The summed E-state index contributed by atoms with van der Waals surface area (Å²) in [7, 11) is 0. The predicted octanol–water partition coefficient (Wildman–Crippen LogP) is 6.14. The molecular formula is C24H24ClNO3S2. The molecule has 7 heteroatoms. The minimum atomic E-state index is -0.136. The predicted molar refractivity (Wildman–Crippen MR) is 133 cm³/mol. The Morgan fingerprint density at radius 1 is 1.16 bits per heavy atom. The number of hydrogen-bond acceptors (Lipinski definition) is 5. The van der Waals surface area contributed by atoms with E-state index in [0.29, 0.717) is 39.8 Å². The summed E-state index contributed by atoms with van der Waals surface area (Å²) in [6.07, 6.45) is 5.16. The summed E-state index contributed by atoms with van der Waals surface area (Å²) in [5, 5.41) is 0.569. The number of benzene rings is 2. The molecule has 2 aromatic carbocycles. The molecule has 2 aromatic rings. The second-order valence-electron chi connectivity index (χ2n) is 6.81. The van der Waals surface area contributed by atoms with Gasteiger partial charge in [0.15, 0.2) is 0 Å². The van der Waals surface area contributed by atoms with Crippen molar-refractivity contribution in [1.29, 1.82) is 0 Å². The van der Waals surface area contributed by atoms with E-state index >= 15 is 0 Å². The number of nitrogens with zero attached hydrogens (tertiary/aromatic N) is 1. The minimum Gasteiger partial charge on any atom is -0.493 e. The number of ether oxygens (including phenoxy) is 2. The van der Waals surface area contributed by atoms with Gasteiger partial charge in [-0.05, 0) is 48.4 Å². The number of rotatable bonds is 10. The van der Waals surface area contributed by atoms with Crippen molar-refractivity contribution in [2.75, 3.05) is 19.8 Å². The van der Waals surface area contributed by atoms with Crippen molar-refractivity contribution >= 4 is 51.9 Å². The van der Waals surface area contributed by atoms with Gasteiger partial charge in [0, 0.05) is 23.6 Å². The molecule has 0 saturated carbocycles. The third-order valence-electron chi connectivity index (χ3n) is 4.59. The minimum absolute atomic E-state index is 0.136. The smallest absolute Gasteiger partial charge is 0.266 e. The van der Waals surface area contributed by atoms with Crippen molar-refractivity contribution in [2.24, 2.45) is 0 Å². The van der Waals surface area contributed by atoms with E-state index in [-0.39, 0.29) is 5.91 Å². The average molecular weight is 474 g/mol. The number of aryl methyl sites for hydroxylation is 1. The lowest BCUT2D eigenvalue weighted by Gasteiger charge is -2.12. The van der Waals surface area contributed by atoms with Crippen molar-refractivity contribution in [2.45, 2.75) is 19.8 Å². The standard InChI is InChI=1S/C24H24ClNO3S2/c1-3-12-26-23(27)22(31-24(26)30)16-18-15-19(25)8-11-21(18)29-14-5-13-28-20-9-6-17(4-2)7-10-20/h3,6-11,15-16H,1,4-5,12-14H2,2H3/b22-16-. The summed E-state index contributed by atoms with van der Waals surface area (Å²) in [5.74, 6) is 1.37. The van der Waals surface area contributed by atoms with Gasteiger partial charge in [-0.1, -0.05) is 60.7 Å². The molecule has 4 nitrogen and oxygen atoms in total. The van der Waals surface area contributed by atoms with Crippen molar-refractivity contribution < 1.29 is 14.3 Å². The highest BCUT2D eigenvalue weighted by atomic mass is 35.5. The van der Waals surface area contributed by atoms with Crippen LogP contribution in [-0.4, -0.2) is 34.9 Å². The fraction of sp³-hybridized carbons (Fsp3) is 0.250. The Bertz CT molecular complexity index is 989. The van der Waals surface area contributed by atoms with Crippen LogP contribution >= 0.6 is 35.6 Å². The zero-order chi connectivity index (χ0) is 22.2. The maximum Gasteiger partial charge on any atom is 0.266 e. The van der Waals surface area contributed by atoms with Gasteiger partial charge < -0.3 is 9.47 Å². The van der Waals surface area contributed by atoms with E-state index in [9.17, 15) is 4.79 Å². The Kier molecular flexibility index (Phi) is 8.58. The maximum atomic E-state index is 12.6. The Balaban J connectivity index is 1.59. The summed E-state index contributed by atoms with van der Waals surface area (Å²) in [4.78, 5) is 14.7. The van der Waals surface area contributed by atoms with Gasteiger partial charge in [0.05, 0.1) is 18.1 Å². The number of carbonyl (C=O) groups is 1. The van der Waals surface area contributed by atoms with Gasteiger partial charge in [0.25, 0.3) is 5.91 Å². The van der Waals surface area contributed by atoms with Crippen LogP contribution in [0, 0.1) is 0 Å². The molecule has 162 valence electrons. The van der Waals surface area contributed by atoms with Gasteiger partial charge in [-0.2, -0.15) is 0 Å². The van der Waals surface area contributed by atoms with E-state index < -0.39 is 0 Å². The first-order valence-corrected chi connectivity index (χ1v) is 11.6. The molecule has 0 aromatic heterocycles. The van der Waals surface area contributed by atoms with Gasteiger partial charge in [0.1, 0.15) is 15.8 Å². The number of carbonyl (C=O) groups excluding carboxylic acids is 1. The van der Waals surface area contributed by atoms with E-state index in [1.54, 1.807) is 24.3 Å². The number of halogens is 1. The van der Waals surface area contributed by atoms with Crippen molar-refractivity contribution in [3.05, 3.63) is 76.2 Å². The van der Waals surface area contributed by atoms with Crippen LogP contribution in [0.3, 0.4) is 0 Å². The van der Waals surface area contributed by atoms with Crippen LogP contribution in [0.25, 0.3) is 6.08 Å².